The molecule has 0 bridgehead atoms. The number of hydrogen-bond acceptors (Lipinski definition) is 3. The SMILES string of the molecule is C=C(C)C(=O)OCCC(F)(F)C(F)(F)C(F)(F)C(F)(F)CCO. The second-order valence-electron chi connectivity index (χ2n) is 4.70. The third-order valence-corrected chi connectivity index (χ3v) is 2.74. The summed E-state index contributed by atoms with van der Waals surface area (Å²) in [5.74, 6) is -25.3. The Morgan fingerprint density at radius 2 is 1.35 bits per heavy atom. The summed E-state index contributed by atoms with van der Waals surface area (Å²) in [4.78, 5) is 10.9. The Morgan fingerprint density at radius 1 is 0.957 bits per heavy atom. The molecule has 0 aromatic rings. The lowest BCUT2D eigenvalue weighted by atomic mass is 9.95. The zero-order valence-corrected chi connectivity index (χ0v) is 11.8. The van der Waals surface area contributed by atoms with Crippen LogP contribution in [0.5, 0.6) is 0 Å². The number of ether oxygens (including phenoxy) is 1. The van der Waals surface area contributed by atoms with Gasteiger partial charge in [0.1, 0.15) is 0 Å². The van der Waals surface area contributed by atoms with Gasteiger partial charge in [-0.2, -0.15) is 35.1 Å². The van der Waals surface area contributed by atoms with Crippen LogP contribution in [0.3, 0.4) is 0 Å². The first kappa shape index (κ1) is 21.6. The average molecular weight is 358 g/mol. The fraction of sp³-hybridized carbons (Fsp3) is 0.750. The first-order chi connectivity index (χ1) is 10.1. The normalized spacial score (nSPS) is 13.8. The maximum atomic E-state index is 13.3. The minimum atomic E-state index is -6.44. The van der Waals surface area contributed by atoms with Crippen LogP contribution in [0.25, 0.3) is 0 Å². The average Bonchev–Trinajstić information content (AvgIpc) is 2.37. The fourth-order valence-corrected chi connectivity index (χ4v) is 1.31. The maximum absolute atomic E-state index is 13.3. The van der Waals surface area contributed by atoms with E-state index in [1.165, 1.54) is 0 Å². The molecule has 0 saturated carbocycles. The van der Waals surface area contributed by atoms with Crippen LogP contribution >= 0.6 is 0 Å². The van der Waals surface area contributed by atoms with Crippen molar-refractivity contribution in [2.75, 3.05) is 13.2 Å². The molecule has 23 heavy (non-hydrogen) atoms. The highest BCUT2D eigenvalue weighted by Gasteiger charge is 2.79. The Hall–Kier alpha value is -1.39. The number of rotatable bonds is 9. The Bertz CT molecular complexity index is 448. The summed E-state index contributed by atoms with van der Waals surface area (Å²) >= 11 is 0. The predicted molar refractivity (Wildman–Crippen MR) is 61.9 cm³/mol. The van der Waals surface area contributed by atoms with Crippen molar-refractivity contribution in [1.82, 2.24) is 0 Å². The summed E-state index contributed by atoms with van der Waals surface area (Å²) in [5, 5.41) is 8.18. The van der Waals surface area contributed by atoms with Crippen LogP contribution in [0.1, 0.15) is 19.8 Å². The number of hydrogen-bond donors (Lipinski definition) is 1. The molecule has 0 amide bonds. The number of carbonyl (C=O) groups is 1. The van der Waals surface area contributed by atoms with E-state index in [0.29, 0.717) is 0 Å². The molecule has 136 valence electrons. The highest BCUT2D eigenvalue weighted by atomic mass is 19.4. The van der Waals surface area contributed by atoms with E-state index in [1.807, 2.05) is 0 Å². The van der Waals surface area contributed by atoms with Gasteiger partial charge in [-0.15, -0.1) is 0 Å². The third kappa shape index (κ3) is 4.33. The molecule has 0 radical (unpaired) electrons. The van der Waals surface area contributed by atoms with E-state index in [0.717, 1.165) is 6.92 Å². The molecule has 0 aromatic carbocycles. The Morgan fingerprint density at radius 3 is 1.70 bits per heavy atom. The molecule has 0 heterocycles. The van der Waals surface area contributed by atoms with Crippen molar-refractivity contribution in [3.05, 3.63) is 12.2 Å². The van der Waals surface area contributed by atoms with Gasteiger partial charge in [-0.3, -0.25) is 0 Å². The van der Waals surface area contributed by atoms with Crippen molar-refractivity contribution < 1.29 is 49.8 Å². The summed E-state index contributed by atoms with van der Waals surface area (Å²) in [6.45, 7) is 1.15. The van der Waals surface area contributed by atoms with Gasteiger partial charge in [-0.25, -0.2) is 4.79 Å². The zero-order valence-electron chi connectivity index (χ0n) is 11.8. The van der Waals surface area contributed by atoms with Gasteiger partial charge in [0.25, 0.3) is 0 Å². The Labute approximate surface area is 125 Å². The largest absolute Gasteiger partial charge is 0.462 e. The number of aliphatic hydroxyl groups excluding tert-OH is 1. The van der Waals surface area contributed by atoms with Gasteiger partial charge in [0.15, 0.2) is 0 Å². The van der Waals surface area contributed by atoms with Crippen molar-refractivity contribution in [3.8, 4) is 0 Å². The van der Waals surface area contributed by atoms with E-state index in [4.69, 9.17) is 5.11 Å². The summed E-state index contributed by atoms with van der Waals surface area (Å²) in [5.41, 5.74) is -0.264. The highest BCUT2D eigenvalue weighted by Crippen LogP contribution is 2.54. The summed E-state index contributed by atoms with van der Waals surface area (Å²) in [7, 11) is 0. The third-order valence-electron chi connectivity index (χ3n) is 2.74. The molecule has 0 rings (SSSR count). The van der Waals surface area contributed by atoms with E-state index in [-0.39, 0.29) is 5.57 Å². The molecule has 0 aliphatic heterocycles. The number of esters is 1. The molecular formula is C12H14F8O3. The Balaban J connectivity index is 5.21. The lowest BCUT2D eigenvalue weighted by Crippen LogP contribution is -2.62. The highest BCUT2D eigenvalue weighted by molar-refractivity contribution is 5.86. The molecule has 0 unspecified atom stereocenters. The van der Waals surface area contributed by atoms with Crippen LogP contribution in [-0.2, 0) is 9.53 Å². The number of carbonyl (C=O) groups excluding carboxylic acids is 1. The molecule has 3 nitrogen and oxygen atoms in total. The minimum Gasteiger partial charge on any atom is -0.462 e. The van der Waals surface area contributed by atoms with Gasteiger partial charge in [0.2, 0.25) is 0 Å². The summed E-state index contributed by atoms with van der Waals surface area (Å²) in [6, 6.07) is 0. The maximum Gasteiger partial charge on any atom is 0.378 e. The van der Waals surface area contributed by atoms with Crippen LogP contribution in [0.4, 0.5) is 35.1 Å². The molecule has 0 fully saturated rings. The molecule has 11 heteroatoms. The lowest BCUT2D eigenvalue weighted by molar-refractivity contribution is -0.369. The number of alkyl halides is 8. The molecule has 0 aliphatic rings. The number of halogens is 8. The lowest BCUT2D eigenvalue weighted by Gasteiger charge is -2.36. The minimum absolute atomic E-state index is 0.264. The van der Waals surface area contributed by atoms with E-state index in [1.54, 1.807) is 0 Å². The van der Waals surface area contributed by atoms with Gasteiger partial charge < -0.3 is 9.84 Å². The van der Waals surface area contributed by atoms with Crippen LogP contribution in [0.2, 0.25) is 0 Å². The second kappa shape index (κ2) is 7.02. The zero-order chi connectivity index (χ0) is 18.7. The molecular weight excluding hydrogens is 344 g/mol. The van der Waals surface area contributed by atoms with Crippen LogP contribution in [-0.4, -0.2) is 48.0 Å². The van der Waals surface area contributed by atoms with Crippen molar-refractivity contribution >= 4 is 5.97 Å². The quantitative estimate of drug-likeness (QED) is 0.390. The van der Waals surface area contributed by atoms with Crippen LogP contribution in [0.15, 0.2) is 12.2 Å². The van der Waals surface area contributed by atoms with Crippen LogP contribution in [0, 0.1) is 0 Å². The van der Waals surface area contributed by atoms with Gasteiger partial charge in [-0.05, 0) is 6.92 Å². The molecule has 0 aliphatic carbocycles. The van der Waals surface area contributed by atoms with Gasteiger partial charge in [0.05, 0.1) is 13.0 Å². The van der Waals surface area contributed by atoms with Gasteiger partial charge in [0, 0.05) is 18.6 Å². The van der Waals surface area contributed by atoms with E-state index < -0.39 is 55.7 Å². The summed E-state index contributed by atoms with van der Waals surface area (Å²) in [6.07, 6.45) is -4.24. The fourth-order valence-electron chi connectivity index (χ4n) is 1.31. The van der Waals surface area contributed by atoms with Crippen molar-refractivity contribution in [3.63, 3.8) is 0 Å². The standard InChI is InChI=1S/C12H14F8O3/c1-7(2)8(22)23-6-4-10(15,16)12(19,20)11(17,18)9(13,14)3-5-21/h21H,1,3-6H2,2H3. The topological polar surface area (TPSA) is 46.5 Å². The van der Waals surface area contributed by atoms with Gasteiger partial charge in [-0.1, -0.05) is 6.58 Å². The van der Waals surface area contributed by atoms with Gasteiger partial charge >= 0.3 is 29.7 Å². The smallest absolute Gasteiger partial charge is 0.378 e. The molecule has 0 aromatic heterocycles. The first-order valence-electron chi connectivity index (χ1n) is 6.09. The predicted octanol–water partition coefficient (Wildman–Crippen LogP) is 3.42. The van der Waals surface area contributed by atoms with Crippen molar-refractivity contribution in [1.29, 1.82) is 0 Å². The van der Waals surface area contributed by atoms with Crippen molar-refractivity contribution in [2.45, 2.75) is 43.5 Å². The van der Waals surface area contributed by atoms with E-state index in [9.17, 15) is 39.9 Å². The van der Waals surface area contributed by atoms with Crippen LogP contribution < -0.4 is 0 Å². The second-order valence-corrected chi connectivity index (χ2v) is 4.70. The monoisotopic (exact) mass is 358 g/mol. The number of aliphatic hydroxyl groups is 1. The molecule has 0 spiro atoms. The molecule has 0 atom stereocenters. The first-order valence-corrected chi connectivity index (χ1v) is 6.09. The molecule has 1 N–H and O–H groups in total. The molecule has 0 saturated heterocycles. The Kier molecular flexibility index (Phi) is 6.59. The van der Waals surface area contributed by atoms with E-state index >= 15 is 0 Å². The summed E-state index contributed by atoms with van der Waals surface area (Å²) < 4.78 is 109. The van der Waals surface area contributed by atoms with E-state index in [2.05, 4.69) is 11.3 Å². The van der Waals surface area contributed by atoms with Crippen molar-refractivity contribution in [2.24, 2.45) is 0 Å².